The van der Waals surface area contributed by atoms with Gasteiger partial charge in [-0.05, 0) is 42.5 Å². The van der Waals surface area contributed by atoms with Crippen molar-refractivity contribution < 1.29 is 18.8 Å². The Hall–Kier alpha value is -4.30. The van der Waals surface area contributed by atoms with E-state index in [-0.39, 0.29) is 22.9 Å². The van der Waals surface area contributed by atoms with Gasteiger partial charge in [0.15, 0.2) is 5.82 Å². The maximum atomic E-state index is 14.0. The summed E-state index contributed by atoms with van der Waals surface area (Å²) in [6.07, 6.45) is 1.59. The van der Waals surface area contributed by atoms with Crippen LogP contribution in [0.1, 0.15) is 36.6 Å². The van der Waals surface area contributed by atoms with Crippen molar-refractivity contribution >= 4 is 40.8 Å². The van der Waals surface area contributed by atoms with E-state index >= 15 is 0 Å². The number of hydrogen-bond acceptors (Lipinski definition) is 4. The van der Waals surface area contributed by atoms with Crippen molar-refractivity contribution in [3.05, 3.63) is 112 Å². The fourth-order valence-corrected chi connectivity index (χ4v) is 3.98. The highest BCUT2D eigenvalue weighted by Gasteiger charge is 2.36. The summed E-state index contributed by atoms with van der Waals surface area (Å²) >= 11 is 6.07. The first-order valence-corrected chi connectivity index (χ1v) is 10.7. The minimum absolute atomic E-state index is 0.0939. The lowest BCUT2D eigenvalue weighted by molar-refractivity contribution is 0.0924. The molecule has 1 N–H and O–H groups in total. The molecule has 1 aromatic heterocycles. The maximum Gasteiger partial charge on any atom is 0.266 e. The zero-order chi connectivity index (χ0) is 23.8. The van der Waals surface area contributed by atoms with Crippen molar-refractivity contribution in [1.82, 2.24) is 9.78 Å². The van der Waals surface area contributed by atoms with Gasteiger partial charge in [0, 0.05) is 28.4 Å². The van der Waals surface area contributed by atoms with Crippen molar-refractivity contribution in [2.75, 3.05) is 10.2 Å². The molecule has 7 nitrogen and oxygen atoms in total. The van der Waals surface area contributed by atoms with Gasteiger partial charge in [-0.2, -0.15) is 5.10 Å². The van der Waals surface area contributed by atoms with Crippen molar-refractivity contribution in [3.63, 3.8) is 0 Å². The highest BCUT2D eigenvalue weighted by Crippen LogP contribution is 2.29. The quantitative estimate of drug-likeness (QED) is 0.422. The van der Waals surface area contributed by atoms with E-state index in [2.05, 4.69) is 10.4 Å². The van der Waals surface area contributed by atoms with Gasteiger partial charge in [0.2, 0.25) is 0 Å². The number of carbonyl (C=O) groups excluding carboxylic acids is 3. The van der Waals surface area contributed by atoms with Crippen LogP contribution in [-0.2, 0) is 6.54 Å². The van der Waals surface area contributed by atoms with Crippen LogP contribution in [0.15, 0.2) is 79.0 Å². The van der Waals surface area contributed by atoms with Crippen LogP contribution in [0.5, 0.6) is 0 Å². The number of halogens is 2. The predicted octanol–water partition coefficient (Wildman–Crippen LogP) is 4.78. The molecular formula is C25H16ClFN4O3. The molecular weight excluding hydrogens is 459 g/mol. The van der Waals surface area contributed by atoms with Crippen LogP contribution < -0.4 is 10.2 Å². The van der Waals surface area contributed by atoms with Crippen LogP contribution in [-0.4, -0.2) is 27.5 Å². The van der Waals surface area contributed by atoms with E-state index in [1.165, 1.54) is 22.9 Å². The second-order valence-corrected chi connectivity index (χ2v) is 8.00. The number of carbonyl (C=O) groups is 3. The zero-order valence-corrected chi connectivity index (χ0v) is 18.3. The molecule has 0 atom stereocenters. The number of amides is 3. The molecule has 1 aliphatic rings. The highest BCUT2D eigenvalue weighted by atomic mass is 35.5. The predicted molar refractivity (Wildman–Crippen MR) is 125 cm³/mol. The van der Waals surface area contributed by atoms with E-state index < -0.39 is 23.5 Å². The number of nitrogens with one attached hydrogen (secondary N) is 1. The van der Waals surface area contributed by atoms with Crippen LogP contribution in [0.2, 0.25) is 5.02 Å². The summed E-state index contributed by atoms with van der Waals surface area (Å²) in [5, 5.41) is 7.19. The Kier molecular flexibility index (Phi) is 5.43. The summed E-state index contributed by atoms with van der Waals surface area (Å²) < 4.78 is 15.5. The molecule has 3 amide bonds. The molecule has 4 aromatic rings. The van der Waals surface area contributed by atoms with Gasteiger partial charge in [-0.1, -0.05) is 35.9 Å². The number of aromatic nitrogens is 2. The van der Waals surface area contributed by atoms with Gasteiger partial charge in [0.25, 0.3) is 17.7 Å². The number of anilines is 2. The molecule has 34 heavy (non-hydrogen) atoms. The lowest BCUT2D eigenvalue weighted by atomic mass is 10.1. The normalized spacial score (nSPS) is 12.7. The first-order chi connectivity index (χ1) is 16.4. The molecule has 0 fully saturated rings. The van der Waals surface area contributed by atoms with E-state index in [1.54, 1.807) is 60.8 Å². The van der Waals surface area contributed by atoms with Crippen LogP contribution >= 0.6 is 11.6 Å². The molecule has 0 unspecified atom stereocenters. The maximum absolute atomic E-state index is 14.0. The molecule has 1 aliphatic heterocycles. The molecule has 0 bridgehead atoms. The number of imide groups is 1. The van der Waals surface area contributed by atoms with E-state index in [4.69, 9.17) is 11.6 Å². The molecule has 0 radical (unpaired) electrons. The number of nitrogens with zero attached hydrogens (tertiary/aromatic N) is 3. The highest BCUT2D eigenvalue weighted by molar-refractivity contribution is 6.34. The Morgan fingerprint density at radius 2 is 1.65 bits per heavy atom. The summed E-state index contributed by atoms with van der Waals surface area (Å²) in [5.41, 5.74) is 1.46. The Bertz CT molecular complexity index is 1410. The van der Waals surface area contributed by atoms with Crippen LogP contribution in [0, 0.1) is 5.82 Å². The van der Waals surface area contributed by atoms with E-state index in [1.807, 2.05) is 0 Å². The molecule has 168 valence electrons. The Morgan fingerprint density at radius 1 is 0.941 bits per heavy atom. The van der Waals surface area contributed by atoms with Crippen molar-refractivity contribution in [1.29, 1.82) is 0 Å². The average molecular weight is 475 g/mol. The first kappa shape index (κ1) is 21.5. The number of rotatable bonds is 5. The second kappa shape index (κ2) is 8.57. The number of benzene rings is 3. The standard InChI is InChI=1S/C25H16ClFN4O3/c26-20-9-4-10-21(27)19(20)14-30-12-11-22(29-30)28-23(32)15-5-3-6-16(13-15)31-24(33)17-7-1-2-8-18(17)25(31)34/h1-13H,14H2,(H,28,29,32). The smallest absolute Gasteiger partial charge is 0.266 e. The second-order valence-electron chi connectivity index (χ2n) is 7.59. The third-order valence-electron chi connectivity index (χ3n) is 5.42. The van der Waals surface area contributed by atoms with Gasteiger partial charge < -0.3 is 5.32 Å². The molecule has 0 spiro atoms. The summed E-state index contributed by atoms with van der Waals surface area (Å²) in [6, 6.07) is 18.8. The molecule has 5 rings (SSSR count). The van der Waals surface area contributed by atoms with E-state index in [0.717, 1.165) is 4.90 Å². The Labute approximate surface area is 198 Å². The van der Waals surface area contributed by atoms with E-state index in [9.17, 15) is 18.8 Å². The first-order valence-electron chi connectivity index (χ1n) is 10.3. The Morgan fingerprint density at radius 3 is 2.35 bits per heavy atom. The van der Waals surface area contributed by atoms with Gasteiger partial charge in [0.05, 0.1) is 23.4 Å². The SMILES string of the molecule is O=C(Nc1ccn(Cc2c(F)cccc2Cl)n1)c1cccc(N2C(=O)c3ccccc3C2=O)c1. The molecule has 9 heteroatoms. The molecule has 0 aliphatic carbocycles. The van der Waals surface area contributed by atoms with Crippen LogP contribution in [0.4, 0.5) is 15.9 Å². The van der Waals surface area contributed by atoms with Crippen molar-refractivity contribution in [2.24, 2.45) is 0 Å². The molecule has 0 saturated heterocycles. The summed E-state index contributed by atoms with van der Waals surface area (Å²) in [5.74, 6) is -1.55. The topological polar surface area (TPSA) is 84.3 Å². The summed E-state index contributed by atoms with van der Waals surface area (Å²) in [6.45, 7) is 0.0939. The fraction of sp³-hybridized carbons (Fsp3) is 0.0400. The minimum atomic E-state index is -0.479. The lowest BCUT2D eigenvalue weighted by Crippen LogP contribution is -2.29. The van der Waals surface area contributed by atoms with Gasteiger partial charge in [0.1, 0.15) is 5.82 Å². The van der Waals surface area contributed by atoms with Crippen molar-refractivity contribution in [3.8, 4) is 0 Å². The largest absolute Gasteiger partial charge is 0.305 e. The molecule has 0 saturated carbocycles. The minimum Gasteiger partial charge on any atom is -0.305 e. The van der Waals surface area contributed by atoms with Crippen LogP contribution in [0.3, 0.4) is 0 Å². The van der Waals surface area contributed by atoms with Gasteiger partial charge in [-0.25, -0.2) is 9.29 Å². The number of fused-ring (bicyclic) bond motifs is 1. The fourth-order valence-electron chi connectivity index (χ4n) is 3.76. The van der Waals surface area contributed by atoms with E-state index in [0.29, 0.717) is 22.4 Å². The summed E-state index contributed by atoms with van der Waals surface area (Å²) in [7, 11) is 0. The van der Waals surface area contributed by atoms with Gasteiger partial charge in [-0.15, -0.1) is 0 Å². The van der Waals surface area contributed by atoms with Gasteiger partial charge >= 0.3 is 0 Å². The molecule has 2 heterocycles. The third-order valence-corrected chi connectivity index (χ3v) is 5.78. The average Bonchev–Trinajstić information content (AvgIpc) is 3.38. The van der Waals surface area contributed by atoms with Crippen LogP contribution in [0.25, 0.3) is 0 Å². The van der Waals surface area contributed by atoms with Gasteiger partial charge in [-0.3, -0.25) is 19.1 Å². The third kappa shape index (κ3) is 3.84. The zero-order valence-electron chi connectivity index (χ0n) is 17.5. The van der Waals surface area contributed by atoms with Crippen molar-refractivity contribution in [2.45, 2.75) is 6.54 Å². The Balaban J connectivity index is 1.33. The lowest BCUT2D eigenvalue weighted by Gasteiger charge is -2.14. The number of hydrogen-bond donors (Lipinski definition) is 1. The molecule has 3 aromatic carbocycles. The summed E-state index contributed by atoms with van der Waals surface area (Å²) in [4.78, 5) is 39.3. The monoisotopic (exact) mass is 474 g/mol.